The molecule has 10 heteroatoms. The van der Waals surface area contributed by atoms with Crippen molar-refractivity contribution in [1.82, 2.24) is 20.0 Å². The van der Waals surface area contributed by atoms with Crippen LogP contribution in [0.3, 0.4) is 0 Å². The number of alkyl halides is 3. The molecule has 0 saturated carbocycles. The zero-order valence-electron chi connectivity index (χ0n) is 14.4. The molecule has 3 aromatic rings. The second-order valence-electron chi connectivity index (χ2n) is 5.96. The fourth-order valence-corrected chi connectivity index (χ4v) is 2.81. The summed E-state index contributed by atoms with van der Waals surface area (Å²) in [5.74, 6) is -0.729. The summed E-state index contributed by atoms with van der Waals surface area (Å²) in [6.45, 7) is 4.32. The number of amides is 1. The van der Waals surface area contributed by atoms with Crippen LogP contribution in [0.15, 0.2) is 34.8 Å². The number of rotatable bonds is 4. The van der Waals surface area contributed by atoms with Crippen LogP contribution in [0, 0.1) is 13.8 Å². The summed E-state index contributed by atoms with van der Waals surface area (Å²) in [7, 11) is 0. The Morgan fingerprint density at radius 2 is 2.04 bits per heavy atom. The van der Waals surface area contributed by atoms with E-state index >= 15 is 0 Å². The van der Waals surface area contributed by atoms with E-state index in [1.54, 1.807) is 18.2 Å². The molecule has 2 N–H and O–H groups in total. The second-order valence-corrected chi connectivity index (χ2v) is 6.75. The summed E-state index contributed by atoms with van der Waals surface area (Å²) in [5, 5.41) is 12.2. The minimum atomic E-state index is -4.58. The summed E-state index contributed by atoms with van der Waals surface area (Å²) in [6.07, 6.45) is -4.58. The Morgan fingerprint density at radius 1 is 1.30 bits per heavy atom. The molecule has 0 bridgehead atoms. The number of aromatic nitrogens is 4. The molecule has 0 saturated heterocycles. The van der Waals surface area contributed by atoms with Gasteiger partial charge in [-0.3, -0.25) is 14.6 Å². The van der Waals surface area contributed by atoms with E-state index in [0.29, 0.717) is 18.3 Å². The molecule has 0 atom stereocenters. The highest BCUT2D eigenvalue weighted by Gasteiger charge is 2.33. The lowest BCUT2D eigenvalue weighted by molar-refractivity contribution is -0.141. The average Bonchev–Trinajstić information content (AvgIpc) is 3.18. The maximum absolute atomic E-state index is 12.6. The number of anilines is 1. The molecule has 0 unspecified atom stereocenters. The highest BCUT2D eigenvalue weighted by atomic mass is 79.9. The number of carbonyl (C=O) groups excluding carboxylic acids is 1. The Hall–Kier alpha value is -2.62. The van der Waals surface area contributed by atoms with Gasteiger partial charge in [-0.15, -0.1) is 0 Å². The van der Waals surface area contributed by atoms with Crippen molar-refractivity contribution in [3.05, 3.63) is 63.1 Å². The number of hydrogen-bond donors (Lipinski definition) is 2. The van der Waals surface area contributed by atoms with Crippen LogP contribution in [0.5, 0.6) is 0 Å². The first kappa shape index (κ1) is 19.2. The lowest BCUT2D eigenvalue weighted by Gasteiger charge is -2.08. The van der Waals surface area contributed by atoms with Crippen molar-refractivity contribution in [1.29, 1.82) is 0 Å². The molecule has 0 aliphatic heterocycles. The fourth-order valence-electron chi connectivity index (χ4n) is 2.53. The number of aromatic amines is 1. The summed E-state index contributed by atoms with van der Waals surface area (Å²) < 4.78 is 40.6. The van der Waals surface area contributed by atoms with Crippen molar-refractivity contribution >= 4 is 27.5 Å². The molecule has 0 spiro atoms. The summed E-state index contributed by atoms with van der Waals surface area (Å²) in [4.78, 5) is 12.1. The van der Waals surface area contributed by atoms with Crippen molar-refractivity contribution < 1.29 is 18.0 Å². The quantitative estimate of drug-likeness (QED) is 0.633. The first-order valence-electron chi connectivity index (χ1n) is 7.87. The molecule has 0 aliphatic carbocycles. The Balaban J connectivity index is 1.74. The van der Waals surface area contributed by atoms with Gasteiger partial charge in [0.2, 0.25) is 0 Å². The van der Waals surface area contributed by atoms with Gasteiger partial charge in [0.1, 0.15) is 5.69 Å². The van der Waals surface area contributed by atoms with Gasteiger partial charge in [-0.1, -0.05) is 12.1 Å². The van der Waals surface area contributed by atoms with Crippen LogP contribution >= 0.6 is 15.9 Å². The summed E-state index contributed by atoms with van der Waals surface area (Å²) in [5.41, 5.74) is 1.76. The third kappa shape index (κ3) is 4.21. The van der Waals surface area contributed by atoms with E-state index in [0.717, 1.165) is 21.4 Å². The third-order valence-electron chi connectivity index (χ3n) is 3.93. The second kappa shape index (κ2) is 7.18. The van der Waals surface area contributed by atoms with Crippen LogP contribution in [0.1, 0.15) is 33.1 Å². The van der Waals surface area contributed by atoms with Crippen molar-refractivity contribution in [2.45, 2.75) is 26.6 Å². The topological polar surface area (TPSA) is 75.6 Å². The van der Waals surface area contributed by atoms with E-state index < -0.39 is 17.8 Å². The van der Waals surface area contributed by atoms with Gasteiger partial charge >= 0.3 is 6.18 Å². The molecular weight excluding hydrogens is 427 g/mol. The Kier molecular flexibility index (Phi) is 5.09. The predicted molar refractivity (Wildman–Crippen MR) is 96.5 cm³/mol. The van der Waals surface area contributed by atoms with Crippen molar-refractivity contribution in [3.8, 4) is 0 Å². The fraction of sp³-hybridized carbons (Fsp3) is 0.235. The molecule has 2 aromatic heterocycles. The van der Waals surface area contributed by atoms with Gasteiger partial charge in [-0.25, -0.2) is 0 Å². The van der Waals surface area contributed by atoms with E-state index in [-0.39, 0.29) is 5.69 Å². The number of carbonyl (C=O) groups is 1. The Morgan fingerprint density at radius 3 is 2.63 bits per heavy atom. The Labute approximate surface area is 160 Å². The minimum Gasteiger partial charge on any atom is -0.321 e. The zero-order valence-corrected chi connectivity index (χ0v) is 15.9. The lowest BCUT2D eigenvalue weighted by atomic mass is 10.2. The van der Waals surface area contributed by atoms with Crippen LogP contribution in [0.25, 0.3) is 0 Å². The molecule has 27 heavy (non-hydrogen) atoms. The first-order valence-corrected chi connectivity index (χ1v) is 8.67. The van der Waals surface area contributed by atoms with Gasteiger partial charge < -0.3 is 5.32 Å². The molecule has 2 heterocycles. The summed E-state index contributed by atoms with van der Waals surface area (Å²) >= 11 is 3.47. The molecule has 0 radical (unpaired) electrons. The standard InChI is InChI=1S/C17H15BrF3N5O/c1-9-15(18)10(2)26(25-9)8-11-4-3-5-12(6-11)22-16(27)13-7-14(24-23-13)17(19,20)21/h3-7H,8H2,1-2H3,(H,22,27)(H,23,24). The number of nitrogens with zero attached hydrogens (tertiary/aromatic N) is 3. The number of aryl methyl sites for hydroxylation is 1. The van der Waals surface area contributed by atoms with E-state index in [1.807, 2.05) is 29.7 Å². The van der Waals surface area contributed by atoms with E-state index in [1.165, 1.54) is 0 Å². The SMILES string of the molecule is Cc1nn(Cc2cccc(NC(=O)c3cc(C(F)(F)F)[nH]n3)c2)c(C)c1Br. The van der Waals surface area contributed by atoms with Gasteiger partial charge in [-0.2, -0.15) is 23.4 Å². The number of halogens is 4. The van der Waals surface area contributed by atoms with Gasteiger partial charge in [0.05, 0.1) is 22.4 Å². The molecular formula is C17H15BrF3N5O. The monoisotopic (exact) mass is 441 g/mol. The molecule has 1 aromatic carbocycles. The highest BCUT2D eigenvalue weighted by Crippen LogP contribution is 2.28. The largest absolute Gasteiger partial charge is 0.432 e. The number of H-pyrrole nitrogens is 1. The first-order chi connectivity index (χ1) is 12.6. The zero-order chi connectivity index (χ0) is 19.8. The smallest absolute Gasteiger partial charge is 0.321 e. The number of benzene rings is 1. The molecule has 142 valence electrons. The normalized spacial score (nSPS) is 11.6. The maximum Gasteiger partial charge on any atom is 0.432 e. The summed E-state index contributed by atoms with van der Waals surface area (Å²) in [6, 6.07) is 7.68. The van der Waals surface area contributed by atoms with Gasteiger partial charge in [0.15, 0.2) is 5.69 Å². The van der Waals surface area contributed by atoms with Crippen molar-refractivity contribution in [2.75, 3.05) is 5.32 Å². The van der Waals surface area contributed by atoms with Crippen LogP contribution in [0.2, 0.25) is 0 Å². The van der Waals surface area contributed by atoms with Crippen molar-refractivity contribution in [3.63, 3.8) is 0 Å². The van der Waals surface area contributed by atoms with E-state index in [4.69, 9.17) is 0 Å². The van der Waals surface area contributed by atoms with Gasteiger partial charge in [0, 0.05) is 11.8 Å². The molecule has 0 fully saturated rings. The molecule has 6 nitrogen and oxygen atoms in total. The highest BCUT2D eigenvalue weighted by molar-refractivity contribution is 9.10. The van der Waals surface area contributed by atoms with Crippen LogP contribution in [-0.2, 0) is 12.7 Å². The maximum atomic E-state index is 12.6. The lowest BCUT2D eigenvalue weighted by Crippen LogP contribution is -2.13. The molecule has 3 rings (SSSR count). The van der Waals surface area contributed by atoms with E-state index in [9.17, 15) is 18.0 Å². The van der Waals surface area contributed by atoms with Crippen LogP contribution in [0.4, 0.5) is 18.9 Å². The molecule has 1 amide bonds. The molecule has 0 aliphatic rings. The van der Waals surface area contributed by atoms with E-state index in [2.05, 4.69) is 31.4 Å². The average molecular weight is 442 g/mol. The number of hydrogen-bond acceptors (Lipinski definition) is 3. The Bertz CT molecular complexity index is 993. The van der Waals surface area contributed by atoms with Gasteiger partial charge in [-0.05, 0) is 47.5 Å². The van der Waals surface area contributed by atoms with Gasteiger partial charge in [0.25, 0.3) is 5.91 Å². The minimum absolute atomic E-state index is 0.338. The van der Waals surface area contributed by atoms with Crippen LogP contribution in [-0.4, -0.2) is 25.9 Å². The number of nitrogens with one attached hydrogen (secondary N) is 2. The van der Waals surface area contributed by atoms with Crippen LogP contribution < -0.4 is 5.32 Å². The van der Waals surface area contributed by atoms with Crippen molar-refractivity contribution in [2.24, 2.45) is 0 Å². The third-order valence-corrected chi connectivity index (χ3v) is 5.07. The predicted octanol–water partition coefficient (Wildman–Crippen LogP) is 4.30.